The summed E-state index contributed by atoms with van der Waals surface area (Å²) in [6, 6.07) is 19.7. The van der Waals surface area contributed by atoms with Gasteiger partial charge in [-0.15, -0.1) is 11.8 Å². The number of fused-ring (bicyclic) bond motifs is 2. The minimum Gasteiger partial charge on any atom is -0.468 e. The van der Waals surface area contributed by atoms with Crippen molar-refractivity contribution in [2.75, 3.05) is 19.4 Å². The van der Waals surface area contributed by atoms with Crippen molar-refractivity contribution < 1.29 is 38.2 Å². The fraction of sp³-hybridized carbons (Fsp3) is 0.547. The summed E-state index contributed by atoms with van der Waals surface area (Å²) in [6.07, 6.45) is 4.93. The highest BCUT2D eigenvalue weighted by atomic mass is 32.2. The first-order chi connectivity index (χ1) is 32.0. The predicted molar refractivity (Wildman–Crippen MR) is 265 cm³/mol. The number of nitrogens with zero attached hydrogens (tertiary/aromatic N) is 1. The second kappa shape index (κ2) is 21.9. The monoisotopic (exact) mass is 953 g/mol. The van der Waals surface area contributed by atoms with E-state index in [9.17, 15) is 28.8 Å². The molecular weight excluding hydrogens is 881 g/mol. The average molecular weight is 953 g/mol. The van der Waals surface area contributed by atoms with Crippen LogP contribution in [0.2, 0.25) is 0 Å². The van der Waals surface area contributed by atoms with E-state index in [1.54, 1.807) is 39.5 Å². The zero-order chi connectivity index (χ0) is 49.6. The van der Waals surface area contributed by atoms with E-state index in [1.165, 1.54) is 12.7 Å². The van der Waals surface area contributed by atoms with E-state index in [0.717, 1.165) is 78.1 Å². The minimum atomic E-state index is -1.24. The van der Waals surface area contributed by atoms with Gasteiger partial charge < -0.3 is 41.4 Å². The maximum absolute atomic E-state index is 14.5. The number of hydrogen-bond acceptors (Lipinski definition) is 10. The highest BCUT2D eigenvalue weighted by Crippen LogP contribution is 2.37. The summed E-state index contributed by atoms with van der Waals surface area (Å²) in [6.45, 7) is 14.7. The Bertz CT molecular complexity index is 2310. The summed E-state index contributed by atoms with van der Waals surface area (Å²) < 4.78 is 9.34. The molecule has 0 saturated carbocycles. The summed E-state index contributed by atoms with van der Waals surface area (Å²) in [4.78, 5) is 84.6. The molecule has 1 fully saturated rings. The van der Waals surface area contributed by atoms with Crippen molar-refractivity contribution in [3.63, 3.8) is 0 Å². The van der Waals surface area contributed by atoms with E-state index in [2.05, 4.69) is 39.5 Å². The largest absolute Gasteiger partial charge is 0.468 e. The van der Waals surface area contributed by atoms with Crippen LogP contribution in [0, 0.1) is 5.41 Å². The molecule has 3 unspecified atom stereocenters. The molecule has 0 spiro atoms. The van der Waals surface area contributed by atoms with Crippen LogP contribution in [0.5, 0.6) is 0 Å². The van der Waals surface area contributed by atoms with Crippen LogP contribution in [0.25, 0.3) is 0 Å². The lowest BCUT2D eigenvalue weighted by Gasteiger charge is -2.35. The molecule has 3 aliphatic rings. The maximum atomic E-state index is 14.5. The van der Waals surface area contributed by atoms with Crippen LogP contribution in [-0.2, 0) is 52.7 Å². The molecule has 0 aromatic heterocycles. The lowest BCUT2D eigenvalue weighted by atomic mass is 9.86. The molecule has 6 rings (SSSR count). The zero-order valence-corrected chi connectivity index (χ0v) is 42.1. The summed E-state index contributed by atoms with van der Waals surface area (Å²) in [5.74, 6) is -2.25. The van der Waals surface area contributed by atoms with Gasteiger partial charge in [0.25, 0.3) is 0 Å². The number of methoxy groups -OCH3 is 1. The smallest absolute Gasteiger partial charge is 0.408 e. The van der Waals surface area contributed by atoms with Crippen LogP contribution in [-0.4, -0.2) is 94.5 Å². The molecule has 3 aromatic rings. The number of benzene rings is 3. The Balaban J connectivity index is 1.26. The molecular formula is C53H72N6O8S. The number of carbonyl (C=O) groups is 6. The fourth-order valence-corrected chi connectivity index (χ4v) is 10.4. The Morgan fingerprint density at radius 1 is 0.765 bits per heavy atom. The normalized spacial score (nSPS) is 20.6. The number of rotatable bonds is 15. The van der Waals surface area contributed by atoms with Gasteiger partial charge in [0.05, 0.1) is 31.0 Å². The highest BCUT2D eigenvalue weighted by molar-refractivity contribution is 8.01. The number of aryl methyl sites for hydroxylation is 2. The Morgan fingerprint density at radius 2 is 1.34 bits per heavy atom. The lowest BCUT2D eigenvalue weighted by molar-refractivity contribution is -0.141. The molecule has 15 heteroatoms. The molecule has 2 aliphatic carbocycles. The molecule has 14 nitrogen and oxygen atoms in total. The van der Waals surface area contributed by atoms with Gasteiger partial charge in [-0.05, 0) is 118 Å². The third kappa shape index (κ3) is 13.2. The van der Waals surface area contributed by atoms with Crippen LogP contribution in [0.3, 0.4) is 0 Å². The molecule has 0 radical (unpaired) electrons. The second-order valence-corrected chi connectivity index (χ2v) is 22.8. The van der Waals surface area contributed by atoms with E-state index < -0.39 is 63.8 Å². The van der Waals surface area contributed by atoms with Crippen LogP contribution in [0.1, 0.15) is 139 Å². The molecule has 68 heavy (non-hydrogen) atoms. The number of likely N-dealkylation sites (tertiary alicyclic amines) is 1. The molecule has 1 aliphatic heterocycles. The minimum absolute atomic E-state index is 0.0859. The van der Waals surface area contributed by atoms with Crippen molar-refractivity contribution in [3.8, 4) is 0 Å². The first kappa shape index (κ1) is 52.0. The van der Waals surface area contributed by atoms with Gasteiger partial charge in [-0.2, -0.15) is 0 Å². The molecule has 6 N–H and O–H groups in total. The average Bonchev–Trinajstić information content (AvgIpc) is 3.75. The van der Waals surface area contributed by atoms with Gasteiger partial charge in [-0.25, -0.2) is 4.79 Å². The molecule has 3 aromatic carbocycles. The lowest BCUT2D eigenvalue weighted by Crippen LogP contribution is -2.60. The first-order valence-electron chi connectivity index (χ1n) is 24.0. The number of esters is 1. The van der Waals surface area contributed by atoms with Gasteiger partial charge >= 0.3 is 12.1 Å². The van der Waals surface area contributed by atoms with Crippen molar-refractivity contribution in [1.29, 1.82) is 0 Å². The quantitative estimate of drug-likeness (QED) is 0.102. The number of ether oxygens (including phenoxy) is 2. The highest BCUT2D eigenvalue weighted by Gasteiger charge is 2.45. The van der Waals surface area contributed by atoms with Crippen molar-refractivity contribution in [2.24, 2.45) is 11.1 Å². The van der Waals surface area contributed by atoms with E-state index in [0.29, 0.717) is 13.0 Å². The van der Waals surface area contributed by atoms with E-state index >= 15 is 0 Å². The van der Waals surface area contributed by atoms with Crippen molar-refractivity contribution in [1.82, 2.24) is 26.2 Å². The number of nitrogens with one attached hydrogen (secondary N) is 4. The fourth-order valence-electron chi connectivity index (χ4n) is 9.46. The molecule has 7 atom stereocenters. The summed E-state index contributed by atoms with van der Waals surface area (Å²) in [7, 11) is 1.28. The second-order valence-electron chi connectivity index (χ2n) is 21.1. The molecule has 0 bridgehead atoms. The van der Waals surface area contributed by atoms with Crippen LogP contribution in [0.15, 0.2) is 72.8 Å². The van der Waals surface area contributed by atoms with Crippen molar-refractivity contribution in [3.05, 3.63) is 106 Å². The molecule has 368 valence electrons. The third-order valence-corrected chi connectivity index (χ3v) is 14.7. The summed E-state index contributed by atoms with van der Waals surface area (Å²) >= 11 is 1.13. The predicted octanol–water partition coefficient (Wildman–Crippen LogP) is 6.74. The SMILES string of the molecule is COC(=O)CSC(C)(C)C(NC(=O)OC(C)(C)C)C(=O)NC(Cc1ccc([C@H]2C[C@@H](C(=O)N[C@@H]3CCCc4ccccc43)N(C(=O)C(N)C(C)(C)C)C2)cc1)C(=O)N[C@@H]1CCCc2ccccc21. The van der Waals surface area contributed by atoms with Crippen LogP contribution < -0.4 is 27.0 Å². The van der Waals surface area contributed by atoms with E-state index in [-0.39, 0.29) is 42.0 Å². The summed E-state index contributed by atoms with van der Waals surface area (Å²) in [5.41, 5.74) is 11.4. The number of alkyl carbamates (subject to hydrolysis) is 1. The third-order valence-electron chi connectivity index (χ3n) is 13.4. The molecule has 1 heterocycles. The van der Waals surface area contributed by atoms with Crippen LogP contribution in [0.4, 0.5) is 4.79 Å². The van der Waals surface area contributed by atoms with Crippen molar-refractivity contribution >= 4 is 47.5 Å². The summed E-state index contributed by atoms with van der Waals surface area (Å²) in [5, 5.41) is 12.2. The van der Waals surface area contributed by atoms with Gasteiger partial charge in [0.15, 0.2) is 0 Å². The Morgan fingerprint density at radius 3 is 1.90 bits per heavy atom. The topological polar surface area (TPSA) is 198 Å². The van der Waals surface area contributed by atoms with Gasteiger partial charge in [0.2, 0.25) is 23.6 Å². The van der Waals surface area contributed by atoms with Crippen LogP contribution >= 0.6 is 11.8 Å². The van der Waals surface area contributed by atoms with Gasteiger partial charge in [-0.3, -0.25) is 24.0 Å². The molecule has 5 amide bonds. The standard InChI is InChI=1S/C53H72N6O8S/c1-51(2,3)44(54)49(64)59-30-36(29-42(59)47(62)56-40-23-15-19-35-17-11-13-21-38(35)40)33-26-24-32(25-27-33)28-41(46(61)55-39-22-14-18-34-16-10-12-20-37(34)39)57-48(63)45(58-50(65)67-52(4,5)6)53(7,8)68-31-43(60)66-9/h10-13,16-17,20-21,24-27,36,39-42,44-45H,14-15,18-19,22-23,28-31,54H2,1-9H3,(H,55,61)(H,56,62)(H,57,63)(H,58,65)/t36-,39+,40+,41?,42-,44?,45?/m0/s1. The molecule has 1 saturated heterocycles. The zero-order valence-electron chi connectivity index (χ0n) is 41.2. The van der Waals surface area contributed by atoms with Gasteiger partial charge in [0.1, 0.15) is 23.7 Å². The Kier molecular flexibility index (Phi) is 16.7. The van der Waals surface area contributed by atoms with Gasteiger partial charge in [0, 0.05) is 23.6 Å². The Hall–Kier alpha value is -5.41. The first-order valence-corrected chi connectivity index (χ1v) is 24.9. The number of amides is 5. The van der Waals surface area contributed by atoms with E-state index in [4.69, 9.17) is 15.2 Å². The van der Waals surface area contributed by atoms with Crippen molar-refractivity contribution in [2.45, 2.75) is 159 Å². The number of thioether (sulfide) groups is 1. The maximum Gasteiger partial charge on any atom is 0.408 e. The van der Waals surface area contributed by atoms with E-state index in [1.807, 2.05) is 75.4 Å². The number of hydrogen-bond donors (Lipinski definition) is 5. The van der Waals surface area contributed by atoms with Gasteiger partial charge in [-0.1, -0.05) is 93.6 Å². The number of nitrogens with two attached hydrogens (primary N) is 1. The number of carbonyl (C=O) groups excluding carboxylic acids is 6. The Labute approximate surface area is 406 Å².